The quantitative estimate of drug-likeness (QED) is 0.729. The van der Waals surface area contributed by atoms with E-state index in [2.05, 4.69) is 10.2 Å². The first-order chi connectivity index (χ1) is 7.31. The maximum Gasteiger partial charge on any atom is 0.345 e. The lowest BCUT2D eigenvalue weighted by Crippen LogP contribution is -2.39. The van der Waals surface area contributed by atoms with E-state index in [-0.39, 0.29) is 6.10 Å². The van der Waals surface area contributed by atoms with E-state index < -0.39 is 5.97 Å². The third-order valence-electron chi connectivity index (χ3n) is 1.99. The first kappa shape index (κ1) is 9.97. The van der Waals surface area contributed by atoms with Crippen molar-refractivity contribution in [1.82, 2.24) is 10.2 Å². The highest BCUT2D eigenvalue weighted by Crippen LogP contribution is 2.18. The van der Waals surface area contributed by atoms with Crippen molar-refractivity contribution < 1.29 is 19.0 Å². The van der Waals surface area contributed by atoms with E-state index in [0.717, 1.165) is 0 Å². The number of aromatic nitrogens is 2. The standard InChI is InChI=1S/C9H12N2O4/c1-2-14-9(12)7-3-10-11-8(7)15-6-4-13-5-6/h3,6H,2,4-5H2,1H3,(H,10,11). The average Bonchev–Trinajstić information content (AvgIpc) is 2.59. The van der Waals surface area contributed by atoms with Crippen LogP contribution in [0.4, 0.5) is 0 Å². The summed E-state index contributed by atoms with van der Waals surface area (Å²) in [7, 11) is 0. The third-order valence-corrected chi connectivity index (χ3v) is 1.99. The van der Waals surface area contributed by atoms with E-state index in [1.165, 1.54) is 6.20 Å². The van der Waals surface area contributed by atoms with E-state index in [4.69, 9.17) is 14.2 Å². The summed E-state index contributed by atoms with van der Waals surface area (Å²) in [6.07, 6.45) is 1.39. The molecule has 0 aromatic carbocycles. The predicted molar refractivity (Wildman–Crippen MR) is 49.8 cm³/mol. The van der Waals surface area contributed by atoms with Gasteiger partial charge in [0.25, 0.3) is 0 Å². The molecule has 0 unspecified atom stereocenters. The molecule has 1 fully saturated rings. The molecule has 1 aromatic heterocycles. The molecule has 0 spiro atoms. The lowest BCUT2D eigenvalue weighted by molar-refractivity contribution is -0.0816. The zero-order valence-corrected chi connectivity index (χ0v) is 8.36. The van der Waals surface area contributed by atoms with Crippen LogP contribution in [0.15, 0.2) is 6.20 Å². The van der Waals surface area contributed by atoms with Crippen LogP contribution in [-0.2, 0) is 9.47 Å². The molecule has 2 heterocycles. The van der Waals surface area contributed by atoms with Gasteiger partial charge in [0, 0.05) is 0 Å². The number of nitrogens with one attached hydrogen (secondary N) is 1. The largest absolute Gasteiger partial charge is 0.469 e. The van der Waals surface area contributed by atoms with Gasteiger partial charge < -0.3 is 14.2 Å². The van der Waals surface area contributed by atoms with Crippen LogP contribution < -0.4 is 4.74 Å². The van der Waals surface area contributed by atoms with Crippen molar-refractivity contribution in [2.45, 2.75) is 13.0 Å². The molecular formula is C9H12N2O4. The number of rotatable bonds is 4. The van der Waals surface area contributed by atoms with E-state index in [9.17, 15) is 4.79 Å². The fraction of sp³-hybridized carbons (Fsp3) is 0.556. The van der Waals surface area contributed by atoms with Crippen LogP contribution in [0.25, 0.3) is 0 Å². The molecule has 82 valence electrons. The zero-order chi connectivity index (χ0) is 10.7. The van der Waals surface area contributed by atoms with Crippen molar-refractivity contribution in [3.8, 4) is 5.88 Å². The van der Waals surface area contributed by atoms with Gasteiger partial charge in [-0.25, -0.2) is 9.89 Å². The van der Waals surface area contributed by atoms with Crippen LogP contribution in [0, 0.1) is 0 Å². The molecule has 15 heavy (non-hydrogen) atoms. The second-order valence-electron chi connectivity index (χ2n) is 3.11. The van der Waals surface area contributed by atoms with E-state index in [1.807, 2.05) is 0 Å². The highest BCUT2D eigenvalue weighted by Gasteiger charge is 2.24. The van der Waals surface area contributed by atoms with Crippen LogP contribution in [-0.4, -0.2) is 42.1 Å². The minimum absolute atomic E-state index is 0.00127. The van der Waals surface area contributed by atoms with Crippen LogP contribution >= 0.6 is 0 Å². The van der Waals surface area contributed by atoms with Crippen LogP contribution in [0.1, 0.15) is 17.3 Å². The van der Waals surface area contributed by atoms with Crippen LogP contribution in [0.2, 0.25) is 0 Å². The molecule has 0 amide bonds. The number of hydrogen-bond donors (Lipinski definition) is 1. The molecule has 1 N–H and O–H groups in total. The number of hydrogen-bond acceptors (Lipinski definition) is 5. The van der Waals surface area contributed by atoms with Gasteiger partial charge in [0.1, 0.15) is 11.7 Å². The van der Waals surface area contributed by atoms with E-state index >= 15 is 0 Å². The first-order valence-corrected chi connectivity index (χ1v) is 4.76. The smallest absolute Gasteiger partial charge is 0.345 e. The van der Waals surface area contributed by atoms with Crippen LogP contribution in [0.3, 0.4) is 0 Å². The number of esters is 1. The molecule has 6 nitrogen and oxygen atoms in total. The van der Waals surface area contributed by atoms with Gasteiger partial charge >= 0.3 is 5.97 Å². The normalized spacial score (nSPS) is 15.8. The van der Waals surface area contributed by atoms with E-state index in [1.54, 1.807) is 6.92 Å². The van der Waals surface area contributed by atoms with Gasteiger partial charge in [0.2, 0.25) is 5.88 Å². The molecule has 6 heteroatoms. The van der Waals surface area contributed by atoms with Crippen molar-refractivity contribution in [3.05, 3.63) is 11.8 Å². The van der Waals surface area contributed by atoms with Crippen molar-refractivity contribution in [1.29, 1.82) is 0 Å². The fourth-order valence-electron chi connectivity index (χ4n) is 1.17. The molecule has 1 aromatic rings. The molecule has 0 bridgehead atoms. The van der Waals surface area contributed by atoms with E-state index in [0.29, 0.717) is 31.3 Å². The molecular weight excluding hydrogens is 200 g/mol. The second-order valence-corrected chi connectivity index (χ2v) is 3.11. The number of aromatic amines is 1. The SMILES string of the molecule is CCOC(=O)c1cn[nH]c1OC1COC1. The van der Waals surface area contributed by atoms with Gasteiger partial charge in [-0.05, 0) is 6.92 Å². The molecule has 1 aliphatic heterocycles. The molecule has 1 aliphatic rings. The van der Waals surface area contributed by atoms with Gasteiger partial charge in [-0.15, -0.1) is 0 Å². The summed E-state index contributed by atoms with van der Waals surface area (Å²) in [5, 5.41) is 6.36. The number of ether oxygens (including phenoxy) is 3. The highest BCUT2D eigenvalue weighted by atomic mass is 16.6. The Hall–Kier alpha value is -1.56. The molecule has 0 atom stereocenters. The topological polar surface area (TPSA) is 73.4 Å². The van der Waals surface area contributed by atoms with Crippen molar-refractivity contribution >= 4 is 5.97 Å². The molecule has 2 rings (SSSR count). The Morgan fingerprint density at radius 1 is 1.73 bits per heavy atom. The average molecular weight is 212 g/mol. The van der Waals surface area contributed by atoms with Gasteiger partial charge in [0.05, 0.1) is 26.0 Å². The Balaban J connectivity index is 2.03. The van der Waals surface area contributed by atoms with Crippen LogP contribution in [0.5, 0.6) is 5.88 Å². The molecule has 0 radical (unpaired) electrons. The van der Waals surface area contributed by atoms with Crippen molar-refractivity contribution in [2.24, 2.45) is 0 Å². The zero-order valence-electron chi connectivity index (χ0n) is 8.36. The lowest BCUT2D eigenvalue weighted by atomic mass is 10.3. The Labute approximate surface area is 86.5 Å². The summed E-state index contributed by atoms with van der Waals surface area (Å²) < 4.78 is 15.3. The van der Waals surface area contributed by atoms with Gasteiger partial charge in [0.15, 0.2) is 0 Å². The fourth-order valence-corrected chi connectivity index (χ4v) is 1.17. The minimum atomic E-state index is -0.429. The van der Waals surface area contributed by atoms with Gasteiger partial charge in [-0.2, -0.15) is 5.10 Å². The summed E-state index contributed by atoms with van der Waals surface area (Å²) in [4.78, 5) is 11.4. The Morgan fingerprint density at radius 2 is 2.53 bits per heavy atom. The highest BCUT2D eigenvalue weighted by molar-refractivity contribution is 5.91. The molecule has 0 saturated carbocycles. The lowest BCUT2D eigenvalue weighted by Gasteiger charge is -2.25. The monoisotopic (exact) mass is 212 g/mol. The Kier molecular flexibility index (Phi) is 2.86. The number of H-pyrrole nitrogens is 1. The van der Waals surface area contributed by atoms with Gasteiger partial charge in [-0.3, -0.25) is 0 Å². The number of carbonyl (C=O) groups excluding carboxylic acids is 1. The molecule has 1 saturated heterocycles. The maximum atomic E-state index is 11.4. The summed E-state index contributed by atoms with van der Waals surface area (Å²) in [5.41, 5.74) is 0.323. The summed E-state index contributed by atoms with van der Waals surface area (Å²) in [6, 6.07) is 0. The minimum Gasteiger partial charge on any atom is -0.469 e. The number of carbonyl (C=O) groups is 1. The third kappa shape index (κ3) is 2.10. The summed E-state index contributed by atoms with van der Waals surface area (Å²) in [5.74, 6) is -0.0803. The second kappa shape index (κ2) is 4.31. The predicted octanol–water partition coefficient (Wildman–Crippen LogP) is 0.364. The van der Waals surface area contributed by atoms with Gasteiger partial charge in [-0.1, -0.05) is 0 Å². The maximum absolute atomic E-state index is 11.4. The number of nitrogens with zero attached hydrogens (tertiary/aromatic N) is 1. The molecule has 0 aliphatic carbocycles. The van der Waals surface area contributed by atoms with Crippen molar-refractivity contribution in [3.63, 3.8) is 0 Å². The summed E-state index contributed by atoms with van der Waals surface area (Å²) >= 11 is 0. The Bertz CT molecular complexity index is 346. The van der Waals surface area contributed by atoms with Crippen molar-refractivity contribution in [2.75, 3.05) is 19.8 Å². The summed E-state index contributed by atoms with van der Waals surface area (Å²) in [6.45, 7) is 3.16. The Morgan fingerprint density at radius 3 is 3.13 bits per heavy atom. The first-order valence-electron chi connectivity index (χ1n) is 4.76.